The Bertz CT molecular complexity index is 1060. The van der Waals surface area contributed by atoms with E-state index in [9.17, 15) is 4.79 Å². The first-order chi connectivity index (χ1) is 13.1. The first kappa shape index (κ1) is 19.2. The summed E-state index contributed by atoms with van der Waals surface area (Å²) in [7, 11) is 0. The number of rotatable bonds is 1. The molecule has 3 aromatic rings. The Balaban J connectivity index is 1.70. The SMILES string of the molecule is Cc1ccc2sc(-c3c(N)sc4c3CC(C)N(C(=O)OC(C)(C)C)C4)nc2c1. The lowest BCUT2D eigenvalue weighted by molar-refractivity contribution is 0.0142. The molecule has 28 heavy (non-hydrogen) atoms. The molecule has 2 N–H and O–H groups in total. The Morgan fingerprint density at radius 3 is 2.79 bits per heavy atom. The normalized spacial score (nSPS) is 17.0. The number of hydrogen-bond donors (Lipinski definition) is 1. The number of hydrogen-bond acceptors (Lipinski definition) is 6. The van der Waals surface area contributed by atoms with Crippen molar-refractivity contribution in [3.05, 3.63) is 34.2 Å². The van der Waals surface area contributed by atoms with Gasteiger partial charge in [0.05, 0.1) is 21.8 Å². The van der Waals surface area contributed by atoms with Crippen molar-refractivity contribution in [1.82, 2.24) is 9.88 Å². The Morgan fingerprint density at radius 1 is 1.32 bits per heavy atom. The second-order valence-electron chi connectivity index (χ2n) is 8.39. The zero-order valence-corrected chi connectivity index (χ0v) is 18.5. The molecule has 1 aromatic carbocycles. The van der Waals surface area contributed by atoms with Crippen LogP contribution in [0.1, 0.15) is 43.7 Å². The van der Waals surface area contributed by atoms with Gasteiger partial charge in [0, 0.05) is 16.5 Å². The maximum absolute atomic E-state index is 12.6. The number of carbonyl (C=O) groups excluding carboxylic acids is 1. The van der Waals surface area contributed by atoms with Gasteiger partial charge in [0.25, 0.3) is 0 Å². The van der Waals surface area contributed by atoms with Gasteiger partial charge in [-0.05, 0) is 64.3 Å². The molecule has 0 fully saturated rings. The Labute approximate surface area is 173 Å². The molecular weight excluding hydrogens is 390 g/mol. The van der Waals surface area contributed by atoms with Crippen molar-refractivity contribution in [2.24, 2.45) is 0 Å². The predicted octanol–water partition coefficient (Wildman–Crippen LogP) is 5.60. The fraction of sp³-hybridized carbons (Fsp3) is 0.429. The van der Waals surface area contributed by atoms with Crippen molar-refractivity contribution >= 4 is 44.0 Å². The number of benzene rings is 1. The molecule has 1 amide bonds. The molecule has 7 heteroatoms. The fourth-order valence-corrected chi connectivity index (χ4v) is 5.73. The Kier molecular flexibility index (Phi) is 4.62. The average molecular weight is 416 g/mol. The quantitative estimate of drug-likeness (QED) is 0.562. The molecule has 3 heterocycles. The van der Waals surface area contributed by atoms with E-state index in [1.54, 1.807) is 27.6 Å². The van der Waals surface area contributed by atoms with Gasteiger partial charge in [-0.2, -0.15) is 0 Å². The highest BCUT2D eigenvalue weighted by atomic mass is 32.1. The van der Waals surface area contributed by atoms with Gasteiger partial charge >= 0.3 is 6.09 Å². The maximum atomic E-state index is 12.6. The lowest BCUT2D eigenvalue weighted by Gasteiger charge is -2.35. The molecule has 5 nitrogen and oxygen atoms in total. The molecule has 0 bridgehead atoms. The lowest BCUT2D eigenvalue weighted by Crippen LogP contribution is -2.44. The summed E-state index contributed by atoms with van der Waals surface area (Å²) in [6.07, 6.45) is 0.488. The number of amides is 1. The number of aryl methyl sites for hydroxylation is 1. The molecule has 2 aromatic heterocycles. The minimum absolute atomic E-state index is 0.0479. The summed E-state index contributed by atoms with van der Waals surface area (Å²) in [5, 5.41) is 1.74. The molecule has 1 unspecified atom stereocenters. The lowest BCUT2D eigenvalue weighted by atomic mass is 9.98. The van der Waals surface area contributed by atoms with Crippen molar-refractivity contribution in [3.63, 3.8) is 0 Å². The number of aromatic nitrogens is 1. The van der Waals surface area contributed by atoms with E-state index in [0.29, 0.717) is 6.54 Å². The number of nitrogens with zero attached hydrogens (tertiary/aromatic N) is 2. The van der Waals surface area contributed by atoms with Crippen LogP contribution in [-0.4, -0.2) is 27.6 Å². The van der Waals surface area contributed by atoms with Crippen LogP contribution in [0.5, 0.6) is 0 Å². The van der Waals surface area contributed by atoms with Crippen LogP contribution >= 0.6 is 22.7 Å². The van der Waals surface area contributed by atoms with Crippen molar-refractivity contribution in [2.75, 3.05) is 5.73 Å². The number of anilines is 1. The summed E-state index contributed by atoms with van der Waals surface area (Å²) in [6.45, 7) is 10.3. The molecule has 0 spiro atoms. The highest BCUT2D eigenvalue weighted by molar-refractivity contribution is 7.22. The number of nitrogens with two attached hydrogens (primary N) is 1. The number of fused-ring (bicyclic) bond motifs is 2. The predicted molar refractivity (Wildman–Crippen MR) is 117 cm³/mol. The summed E-state index contributed by atoms with van der Waals surface area (Å²) >= 11 is 3.24. The molecule has 0 radical (unpaired) electrons. The summed E-state index contributed by atoms with van der Waals surface area (Å²) in [5.41, 5.74) is 10.4. The van der Waals surface area contributed by atoms with E-state index in [2.05, 4.69) is 32.0 Å². The number of ether oxygens (including phenoxy) is 1. The maximum Gasteiger partial charge on any atom is 0.410 e. The van der Waals surface area contributed by atoms with Gasteiger partial charge in [-0.3, -0.25) is 0 Å². The number of carbonyl (C=O) groups is 1. The standard InChI is InChI=1S/C21H25N3O2S2/c1-11-6-7-15-14(8-11)23-19(28-15)17-13-9-12(2)24(10-16(13)27-18(17)22)20(25)26-21(3,4)5/h6-8,12H,9-10,22H2,1-5H3. The zero-order valence-electron chi connectivity index (χ0n) is 16.8. The molecular formula is C21H25N3O2S2. The van der Waals surface area contributed by atoms with Crippen LogP contribution in [0.25, 0.3) is 20.8 Å². The van der Waals surface area contributed by atoms with Crippen molar-refractivity contribution in [3.8, 4) is 10.6 Å². The van der Waals surface area contributed by atoms with E-state index in [0.717, 1.165) is 32.4 Å². The first-order valence-corrected chi connectivity index (χ1v) is 11.0. The van der Waals surface area contributed by atoms with Gasteiger partial charge in [0.2, 0.25) is 0 Å². The third-order valence-electron chi connectivity index (χ3n) is 4.85. The van der Waals surface area contributed by atoms with E-state index in [4.69, 9.17) is 15.5 Å². The monoisotopic (exact) mass is 415 g/mol. The number of thiazole rings is 1. The average Bonchev–Trinajstić information content (AvgIpc) is 3.11. The van der Waals surface area contributed by atoms with E-state index in [-0.39, 0.29) is 12.1 Å². The van der Waals surface area contributed by atoms with E-state index in [1.807, 2.05) is 20.8 Å². The van der Waals surface area contributed by atoms with Crippen LogP contribution in [0.3, 0.4) is 0 Å². The summed E-state index contributed by atoms with van der Waals surface area (Å²) < 4.78 is 6.75. The number of thiophene rings is 1. The van der Waals surface area contributed by atoms with E-state index >= 15 is 0 Å². The largest absolute Gasteiger partial charge is 0.444 e. The van der Waals surface area contributed by atoms with Crippen LogP contribution < -0.4 is 5.73 Å². The van der Waals surface area contributed by atoms with Gasteiger partial charge in [-0.25, -0.2) is 9.78 Å². The fourth-order valence-electron chi connectivity index (χ4n) is 3.54. The molecule has 4 rings (SSSR count). The minimum Gasteiger partial charge on any atom is -0.444 e. The Hall–Kier alpha value is -2.12. The van der Waals surface area contributed by atoms with Crippen LogP contribution in [0.2, 0.25) is 0 Å². The minimum atomic E-state index is -0.504. The van der Waals surface area contributed by atoms with Gasteiger partial charge in [-0.1, -0.05) is 6.07 Å². The highest BCUT2D eigenvalue weighted by Crippen LogP contribution is 2.45. The van der Waals surface area contributed by atoms with Gasteiger partial charge in [-0.15, -0.1) is 22.7 Å². The number of nitrogen functional groups attached to an aromatic ring is 1. The highest BCUT2D eigenvalue weighted by Gasteiger charge is 2.34. The van der Waals surface area contributed by atoms with E-state index in [1.165, 1.54) is 15.8 Å². The first-order valence-electron chi connectivity index (χ1n) is 9.39. The zero-order chi connectivity index (χ0) is 20.2. The molecule has 1 atom stereocenters. The van der Waals surface area contributed by atoms with Crippen LogP contribution in [0.15, 0.2) is 18.2 Å². The van der Waals surface area contributed by atoms with Crippen LogP contribution in [-0.2, 0) is 17.7 Å². The van der Waals surface area contributed by atoms with Gasteiger partial charge in [0.15, 0.2) is 0 Å². The molecule has 1 aliphatic rings. The summed E-state index contributed by atoms with van der Waals surface area (Å²) in [4.78, 5) is 20.4. The van der Waals surface area contributed by atoms with Gasteiger partial charge < -0.3 is 15.4 Å². The van der Waals surface area contributed by atoms with Crippen molar-refractivity contribution < 1.29 is 9.53 Å². The smallest absolute Gasteiger partial charge is 0.410 e. The molecule has 0 aliphatic carbocycles. The summed E-state index contributed by atoms with van der Waals surface area (Å²) in [6, 6.07) is 6.38. The molecule has 0 saturated heterocycles. The van der Waals surface area contributed by atoms with E-state index < -0.39 is 5.60 Å². The van der Waals surface area contributed by atoms with Crippen LogP contribution in [0, 0.1) is 6.92 Å². The third-order valence-corrected chi connectivity index (χ3v) is 6.95. The second kappa shape index (κ2) is 6.74. The molecule has 0 saturated carbocycles. The Morgan fingerprint density at radius 2 is 2.07 bits per heavy atom. The third kappa shape index (κ3) is 3.49. The topological polar surface area (TPSA) is 68.5 Å². The van der Waals surface area contributed by atoms with Crippen LogP contribution in [0.4, 0.5) is 9.80 Å². The van der Waals surface area contributed by atoms with Crippen molar-refractivity contribution in [1.29, 1.82) is 0 Å². The molecule has 1 aliphatic heterocycles. The second-order valence-corrected chi connectivity index (χ2v) is 10.6. The van der Waals surface area contributed by atoms with Crippen molar-refractivity contribution in [2.45, 2.75) is 59.2 Å². The molecule has 148 valence electrons. The summed E-state index contributed by atoms with van der Waals surface area (Å²) in [5.74, 6) is 0. The van der Waals surface area contributed by atoms with Gasteiger partial charge in [0.1, 0.15) is 10.6 Å².